The lowest BCUT2D eigenvalue weighted by Crippen LogP contribution is -2.56. The molecule has 0 aliphatic heterocycles. The van der Waals surface area contributed by atoms with E-state index in [0.29, 0.717) is 11.6 Å². The van der Waals surface area contributed by atoms with Crippen LogP contribution in [0.4, 0.5) is 0 Å². The molecule has 0 spiro atoms. The highest BCUT2D eigenvalue weighted by Crippen LogP contribution is 2.35. The topological polar surface area (TPSA) is 39.1 Å². The smallest absolute Gasteiger partial charge is 0.0672 e. The molecular weight excluding hydrogens is 246 g/mol. The van der Waals surface area contributed by atoms with E-state index in [-0.39, 0.29) is 5.92 Å². The van der Waals surface area contributed by atoms with Crippen molar-refractivity contribution in [2.24, 2.45) is 11.8 Å². The zero-order valence-corrected chi connectivity index (χ0v) is 13.5. The Morgan fingerprint density at radius 1 is 1.20 bits per heavy atom. The number of hydrogen-bond acceptors (Lipinski definition) is 3. The number of nitrogens with zero attached hydrogens (tertiary/aromatic N) is 2. The lowest BCUT2D eigenvalue weighted by Gasteiger charge is -2.46. The van der Waals surface area contributed by atoms with Gasteiger partial charge < -0.3 is 10.2 Å². The second-order valence-corrected chi connectivity index (χ2v) is 7.33. The van der Waals surface area contributed by atoms with Gasteiger partial charge in [0.15, 0.2) is 0 Å². The second-order valence-electron chi connectivity index (χ2n) is 7.33. The van der Waals surface area contributed by atoms with Crippen LogP contribution in [0.25, 0.3) is 0 Å². The molecule has 114 valence electrons. The molecular formula is C17H31N3. The van der Waals surface area contributed by atoms with E-state index < -0.39 is 0 Å². The average molecular weight is 277 g/mol. The van der Waals surface area contributed by atoms with Crippen molar-refractivity contribution in [1.82, 2.24) is 10.2 Å². The summed E-state index contributed by atoms with van der Waals surface area (Å²) in [6.45, 7) is 3.43. The first kappa shape index (κ1) is 15.8. The van der Waals surface area contributed by atoms with Crippen molar-refractivity contribution in [3.63, 3.8) is 0 Å². The lowest BCUT2D eigenvalue weighted by molar-refractivity contribution is 0.0689. The maximum Gasteiger partial charge on any atom is 0.0672 e. The van der Waals surface area contributed by atoms with E-state index in [1.807, 2.05) is 0 Å². The van der Waals surface area contributed by atoms with Crippen LogP contribution in [0.1, 0.15) is 58.3 Å². The van der Waals surface area contributed by atoms with Crippen LogP contribution >= 0.6 is 0 Å². The van der Waals surface area contributed by atoms with Crippen molar-refractivity contribution in [3.8, 4) is 6.07 Å². The van der Waals surface area contributed by atoms with Crippen molar-refractivity contribution >= 4 is 0 Å². The van der Waals surface area contributed by atoms with Gasteiger partial charge in [0.1, 0.15) is 0 Å². The summed E-state index contributed by atoms with van der Waals surface area (Å²) < 4.78 is 0. The van der Waals surface area contributed by atoms with E-state index in [9.17, 15) is 5.26 Å². The molecule has 4 unspecified atom stereocenters. The summed E-state index contributed by atoms with van der Waals surface area (Å²) in [6, 6.07) is 2.94. The number of rotatable bonds is 4. The van der Waals surface area contributed by atoms with Gasteiger partial charge in [-0.25, -0.2) is 0 Å². The first-order valence-electron chi connectivity index (χ1n) is 8.38. The molecule has 0 radical (unpaired) electrons. The Balaban J connectivity index is 1.96. The van der Waals surface area contributed by atoms with Crippen molar-refractivity contribution in [1.29, 1.82) is 5.26 Å². The molecule has 0 aromatic rings. The summed E-state index contributed by atoms with van der Waals surface area (Å²) in [6.07, 6.45) is 10.1. The predicted molar refractivity (Wildman–Crippen MR) is 83.4 cm³/mol. The van der Waals surface area contributed by atoms with Gasteiger partial charge in [-0.05, 0) is 45.7 Å². The molecule has 3 nitrogen and oxygen atoms in total. The van der Waals surface area contributed by atoms with Crippen molar-refractivity contribution in [3.05, 3.63) is 0 Å². The summed E-state index contributed by atoms with van der Waals surface area (Å²) in [7, 11) is 4.45. The van der Waals surface area contributed by atoms with Crippen molar-refractivity contribution in [2.45, 2.75) is 69.9 Å². The maximum absolute atomic E-state index is 9.31. The highest BCUT2D eigenvalue weighted by molar-refractivity contribution is 4.99. The van der Waals surface area contributed by atoms with Crippen LogP contribution in [0.15, 0.2) is 0 Å². The van der Waals surface area contributed by atoms with Gasteiger partial charge in [0.25, 0.3) is 0 Å². The van der Waals surface area contributed by atoms with Crippen LogP contribution in [-0.4, -0.2) is 37.1 Å². The van der Waals surface area contributed by atoms with Gasteiger partial charge in [0.05, 0.1) is 12.0 Å². The third-order valence-corrected chi connectivity index (χ3v) is 5.64. The Labute approximate surface area is 124 Å². The van der Waals surface area contributed by atoms with Crippen molar-refractivity contribution in [2.75, 3.05) is 20.6 Å². The molecule has 0 aromatic heterocycles. The fourth-order valence-electron chi connectivity index (χ4n) is 4.21. The molecule has 2 aliphatic carbocycles. The zero-order chi connectivity index (χ0) is 14.6. The normalized spacial score (nSPS) is 38.6. The fraction of sp³-hybridized carbons (Fsp3) is 0.941. The summed E-state index contributed by atoms with van der Waals surface area (Å²) in [5, 5.41) is 13.1. The number of nitrogens with one attached hydrogen (secondary N) is 1. The molecule has 2 aliphatic rings. The third kappa shape index (κ3) is 3.54. The molecule has 1 N–H and O–H groups in total. The first-order valence-corrected chi connectivity index (χ1v) is 8.38. The molecule has 2 fully saturated rings. The zero-order valence-electron chi connectivity index (χ0n) is 13.5. The van der Waals surface area contributed by atoms with Gasteiger partial charge in [-0.3, -0.25) is 0 Å². The van der Waals surface area contributed by atoms with Gasteiger partial charge in [0, 0.05) is 18.1 Å². The second kappa shape index (κ2) is 6.91. The van der Waals surface area contributed by atoms with Gasteiger partial charge in [-0.2, -0.15) is 5.26 Å². The Hall–Kier alpha value is -0.590. The molecule has 0 saturated heterocycles. The van der Waals surface area contributed by atoms with Crippen LogP contribution < -0.4 is 5.32 Å². The Morgan fingerprint density at radius 2 is 1.95 bits per heavy atom. The summed E-state index contributed by atoms with van der Waals surface area (Å²) in [4.78, 5) is 2.43. The molecule has 0 aromatic carbocycles. The van der Waals surface area contributed by atoms with Crippen LogP contribution in [0, 0.1) is 23.2 Å². The van der Waals surface area contributed by atoms with Crippen LogP contribution in [0.3, 0.4) is 0 Å². The largest absolute Gasteiger partial charge is 0.311 e. The molecule has 2 rings (SSSR count). The molecule has 0 heterocycles. The van der Waals surface area contributed by atoms with E-state index in [4.69, 9.17) is 0 Å². The Kier molecular flexibility index (Phi) is 5.46. The fourth-order valence-corrected chi connectivity index (χ4v) is 4.21. The third-order valence-electron chi connectivity index (χ3n) is 5.64. The highest BCUT2D eigenvalue weighted by Gasteiger charge is 2.38. The van der Waals surface area contributed by atoms with Crippen LogP contribution in [-0.2, 0) is 0 Å². The highest BCUT2D eigenvalue weighted by atomic mass is 15.2. The standard InChI is InChI=1S/C17H31N3/c1-14-7-6-10-17(11-14,20(2)3)13-19-16-9-5-4-8-15(16)12-18/h14-16,19H,4-11,13H2,1-3H3. The molecule has 0 bridgehead atoms. The number of hydrogen-bond donors (Lipinski definition) is 1. The van der Waals surface area contributed by atoms with Crippen LogP contribution in [0.5, 0.6) is 0 Å². The lowest BCUT2D eigenvalue weighted by atomic mass is 9.75. The summed E-state index contributed by atoms with van der Waals surface area (Å²) in [5.74, 6) is 1.05. The molecule has 0 amide bonds. The first-order chi connectivity index (χ1) is 9.57. The Bertz CT molecular complexity index is 347. The molecule has 3 heteroatoms. The molecule has 20 heavy (non-hydrogen) atoms. The van der Waals surface area contributed by atoms with Crippen molar-refractivity contribution < 1.29 is 0 Å². The van der Waals surface area contributed by atoms with Gasteiger partial charge in [-0.15, -0.1) is 0 Å². The summed E-state index contributed by atoms with van der Waals surface area (Å²) >= 11 is 0. The Morgan fingerprint density at radius 3 is 2.60 bits per heavy atom. The van der Waals surface area contributed by atoms with E-state index in [2.05, 4.69) is 37.3 Å². The minimum Gasteiger partial charge on any atom is -0.311 e. The SMILES string of the molecule is CC1CCCC(CNC2CCCCC2C#N)(N(C)C)C1. The van der Waals surface area contributed by atoms with Gasteiger partial charge in [0.2, 0.25) is 0 Å². The average Bonchev–Trinajstić information content (AvgIpc) is 2.45. The molecule has 2 saturated carbocycles. The van der Waals surface area contributed by atoms with E-state index in [0.717, 1.165) is 18.9 Å². The summed E-state index contributed by atoms with van der Waals surface area (Å²) in [5.41, 5.74) is 0.301. The molecule has 4 atom stereocenters. The number of likely N-dealkylation sites (N-methyl/N-ethyl adjacent to an activating group) is 1. The number of nitriles is 1. The van der Waals surface area contributed by atoms with E-state index in [1.165, 1.54) is 44.9 Å². The minimum absolute atomic E-state index is 0.226. The van der Waals surface area contributed by atoms with Crippen LogP contribution in [0.2, 0.25) is 0 Å². The quantitative estimate of drug-likeness (QED) is 0.858. The maximum atomic E-state index is 9.31. The van der Waals surface area contributed by atoms with E-state index in [1.54, 1.807) is 0 Å². The monoisotopic (exact) mass is 277 g/mol. The minimum atomic E-state index is 0.226. The van der Waals surface area contributed by atoms with Gasteiger partial charge >= 0.3 is 0 Å². The van der Waals surface area contributed by atoms with Gasteiger partial charge in [-0.1, -0.05) is 32.6 Å². The predicted octanol–water partition coefficient (Wildman–Crippen LogP) is 3.17. The van der Waals surface area contributed by atoms with E-state index >= 15 is 0 Å².